The third-order valence-electron chi connectivity index (χ3n) is 4.26. The fourth-order valence-electron chi connectivity index (χ4n) is 2.89. The highest BCUT2D eigenvalue weighted by molar-refractivity contribution is 9.10. The molecule has 0 radical (unpaired) electrons. The largest absolute Gasteiger partial charge is 0.416 e. The lowest BCUT2D eigenvalue weighted by atomic mass is 10.1. The van der Waals surface area contributed by atoms with E-state index in [1.165, 1.54) is 17.3 Å². The molecule has 7 nitrogen and oxygen atoms in total. The number of fused-ring (bicyclic) bond motifs is 1. The van der Waals surface area contributed by atoms with Crippen molar-refractivity contribution in [2.75, 3.05) is 5.32 Å². The van der Waals surface area contributed by atoms with Crippen LogP contribution in [0.5, 0.6) is 0 Å². The number of benzene rings is 1. The van der Waals surface area contributed by atoms with Gasteiger partial charge in [0.05, 0.1) is 22.1 Å². The van der Waals surface area contributed by atoms with Crippen LogP contribution in [0.4, 0.5) is 19.0 Å². The van der Waals surface area contributed by atoms with E-state index in [2.05, 4.69) is 46.3 Å². The summed E-state index contributed by atoms with van der Waals surface area (Å²) in [7, 11) is 0. The number of alkyl halides is 3. The molecule has 1 unspecified atom stereocenters. The third kappa shape index (κ3) is 3.94. The number of anilines is 1. The van der Waals surface area contributed by atoms with E-state index in [0.29, 0.717) is 11.6 Å². The molecule has 0 amide bonds. The van der Waals surface area contributed by atoms with Crippen molar-refractivity contribution >= 4 is 44.3 Å². The fraction of sp³-hybridized carbons (Fsp3) is 0.167. The summed E-state index contributed by atoms with van der Waals surface area (Å²) in [5.74, 6) is 1.22. The molecule has 4 aromatic rings. The molecule has 0 aliphatic carbocycles. The molecule has 0 saturated carbocycles. The summed E-state index contributed by atoms with van der Waals surface area (Å²) in [6, 6.07) is 4.91. The van der Waals surface area contributed by atoms with Gasteiger partial charge in [0.25, 0.3) is 0 Å². The van der Waals surface area contributed by atoms with Crippen molar-refractivity contribution in [2.24, 2.45) is 0 Å². The predicted molar refractivity (Wildman–Crippen MR) is 108 cm³/mol. The van der Waals surface area contributed by atoms with E-state index < -0.39 is 17.8 Å². The molecule has 1 N–H and O–H groups in total. The van der Waals surface area contributed by atoms with Crippen molar-refractivity contribution < 1.29 is 13.2 Å². The van der Waals surface area contributed by atoms with E-state index in [4.69, 9.17) is 11.6 Å². The minimum atomic E-state index is -4.55. The molecule has 0 fully saturated rings. The molecule has 0 bridgehead atoms. The Kier molecular flexibility index (Phi) is 5.33. The van der Waals surface area contributed by atoms with Crippen molar-refractivity contribution in [1.82, 2.24) is 29.7 Å². The summed E-state index contributed by atoms with van der Waals surface area (Å²) < 4.78 is 42.0. The number of halogens is 5. The lowest BCUT2D eigenvalue weighted by Crippen LogP contribution is -2.15. The molecular weight excluding hydrogens is 487 g/mol. The second-order valence-corrected chi connectivity index (χ2v) is 7.63. The monoisotopic (exact) mass is 497 g/mol. The van der Waals surface area contributed by atoms with Gasteiger partial charge < -0.3 is 5.32 Å². The van der Waals surface area contributed by atoms with Gasteiger partial charge in [-0.25, -0.2) is 19.9 Å². The lowest BCUT2D eigenvalue weighted by Gasteiger charge is -2.17. The first kappa shape index (κ1) is 20.5. The number of hydrogen-bond donors (Lipinski definition) is 1. The Labute approximate surface area is 181 Å². The Bertz CT molecular complexity index is 1210. The maximum atomic E-state index is 13.2. The van der Waals surface area contributed by atoms with E-state index in [0.717, 1.165) is 16.6 Å². The van der Waals surface area contributed by atoms with E-state index in [1.807, 2.05) is 6.07 Å². The van der Waals surface area contributed by atoms with Gasteiger partial charge in [-0.3, -0.25) is 0 Å². The molecule has 4 rings (SSSR count). The van der Waals surface area contributed by atoms with Gasteiger partial charge in [0.1, 0.15) is 18.5 Å². The summed E-state index contributed by atoms with van der Waals surface area (Å²) in [5.41, 5.74) is -0.668. The Morgan fingerprint density at radius 3 is 2.60 bits per heavy atom. The summed E-state index contributed by atoms with van der Waals surface area (Å²) in [6.45, 7) is 1.78. The molecule has 0 saturated heterocycles. The van der Waals surface area contributed by atoms with Crippen LogP contribution in [0.25, 0.3) is 16.7 Å². The van der Waals surface area contributed by atoms with E-state index in [-0.39, 0.29) is 21.7 Å². The summed E-state index contributed by atoms with van der Waals surface area (Å²) in [6.07, 6.45) is -0.326. The molecule has 3 heterocycles. The van der Waals surface area contributed by atoms with Crippen LogP contribution in [-0.2, 0) is 6.18 Å². The molecule has 30 heavy (non-hydrogen) atoms. The first-order valence-electron chi connectivity index (χ1n) is 8.54. The van der Waals surface area contributed by atoms with Crippen LogP contribution in [-0.4, -0.2) is 29.7 Å². The van der Waals surface area contributed by atoms with Crippen LogP contribution < -0.4 is 5.32 Å². The summed E-state index contributed by atoms with van der Waals surface area (Å²) >= 11 is 9.36. The van der Waals surface area contributed by atoms with Crippen LogP contribution in [0, 0.1) is 0 Å². The number of nitrogens with one attached hydrogen (secondary N) is 1. The van der Waals surface area contributed by atoms with E-state index >= 15 is 0 Å². The van der Waals surface area contributed by atoms with Crippen LogP contribution in [0.1, 0.15) is 24.4 Å². The highest BCUT2D eigenvalue weighted by atomic mass is 79.9. The van der Waals surface area contributed by atoms with E-state index in [9.17, 15) is 13.2 Å². The molecule has 0 spiro atoms. The standard InChI is InChI=1S/C18H12BrClF3N7/c1-9(17-27-8-28-30(17)14-3-2-11(19)6-24-14)29-16-12-4-10(18(21,22)23)5-13(20)15(12)25-7-26-16/h2-9H,1H3,(H,25,26,29). The van der Waals surface area contributed by atoms with Crippen molar-refractivity contribution in [3.05, 3.63) is 64.0 Å². The summed E-state index contributed by atoms with van der Waals surface area (Å²) in [4.78, 5) is 16.7. The number of rotatable bonds is 4. The quantitative estimate of drug-likeness (QED) is 0.416. The zero-order chi connectivity index (χ0) is 21.5. The van der Waals surface area contributed by atoms with Gasteiger partial charge in [0.15, 0.2) is 11.6 Å². The highest BCUT2D eigenvalue weighted by Crippen LogP contribution is 2.36. The number of aromatic nitrogens is 6. The van der Waals surface area contributed by atoms with Crippen molar-refractivity contribution in [1.29, 1.82) is 0 Å². The Morgan fingerprint density at radius 1 is 1.10 bits per heavy atom. The smallest absolute Gasteiger partial charge is 0.360 e. The minimum absolute atomic E-state index is 0.111. The first-order chi connectivity index (χ1) is 14.2. The summed E-state index contributed by atoms with van der Waals surface area (Å²) in [5, 5.41) is 7.30. The Morgan fingerprint density at radius 2 is 1.90 bits per heavy atom. The lowest BCUT2D eigenvalue weighted by molar-refractivity contribution is -0.137. The Hall–Kier alpha value is -2.79. The molecule has 0 aliphatic heterocycles. The first-order valence-corrected chi connectivity index (χ1v) is 9.71. The number of hydrogen-bond acceptors (Lipinski definition) is 6. The molecular formula is C18H12BrClF3N7. The molecule has 3 aromatic heterocycles. The van der Waals surface area contributed by atoms with Gasteiger partial charge in [-0.1, -0.05) is 11.6 Å². The van der Waals surface area contributed by atoms with Gasteiger partial charge >= 0.3 is 6.18 Å². The molecule has 0 aliphatic rings. The van der Waals surface area contributed by atoms with Crippen molar-refractivity contribution in [3.8, 4) is 5.82 Å². The van der Waals surface area contributed by atoms with Gasteiger partial charge in [-0.2, -0.15) is 23.0 Å². The zero-order valence-corrected chi connectivity index (χ0v) is 17.5. The highest BCUT2D eigenvalue weighted by Gasteiger charge is 2.32. The van der Waals surface area contributed by atoms with Crippen molar-refractivity contribution in [3.63, 3.8) is 0 Å². The SMILES string of the molecule is CC(Nc1ncnc2c(Cl)cc(C(F)(F)F)cc12)c1ncnn1-c1ccc(Br)cn1. The molecule has 1 aromatic carbocycles. The number of nitrogens with zero attached hydrogens (tertiary/aromatic N) is 6. The molecule has 12 heteroatoms. The average Bonchev–Trinajstić information content (AvgIpc) is 3.18. The maximum absolute atomic E-state index is 13.2. The third-order valence-corrected chi connectivity index (χ3v) is 5.02. The number of pyridine rings is 1. The van der Waals surface area contributed by atoms with Crippen LogP contribution in [0.3, 0.4) is 0 Å². The zero-order valence-electron chi connectivity index (χ0n) is 15.2. The Balaban J connectivity index is 1.73. The van der Waals surface area contributed by atoms with Crippen LogP contribution in [0.15, 0.2) is 47.6 Å². The van der Waals surface area contributed by atoms with Gasteiger partial charge in [-0.15, -0.1) is 0 Å². The fourth-order valence-corrected chi connectivity index (χ4v) is 3.39. The predicted octanol–water partition coefficient (Wildman–Crippen LogP) is 5.21. The van der Waals surface area contributed by atoms with Crippen LogP contribution in [0.2, 0.25) is 5.02 Å². The molecule has 1 atom stereocenters. The van der Waals surface area contributed by atoms with Crippen molar-refractivity contribution in [2.45, 2.75) is 19.1 Å². The normalized spacial score (nSPS) is 12.9. The second-order valence-electron chi connectivity index (χ2n) is 6.30. The van der Waals surface area contributed by atoms with Gasteiger partial charge in [-0.05, 0) is 47.1 Å². The maximum Gasteiger partial charge on any atom is 0.416 e. The topological polar surface area (TPSA) is 81.4 Å². The average molecular weight is 499 g/mol. The van der Waals surface area contributed by atoms with Gasteiger partial charge in [0, 0.05) is 16.1 Å². The van der Waals surface area contributed by atoms with E-state index in [1.54, 1.807) is 19.2 Å². The van der Waals surface area contributed by atoms with Gasteiger partial charge in [0.2, 0.25) is 0 Å². The second kappa shape index (κ2) is 7.80. The molecule has 154 valence electrons. The van der Waals surface area contributed by atoms with Crippen LogP contribution >= 0.6 is 27.5 Å². The minimum Gasteiger partial charge on any atom is -0.360 e.